The summed E-state index contributed by atoms with van der Waals surface area (Å²) in [7, 11) is 0. The number of aromatic nitrogens is 1. The molecule has 0 aliphatic rings. The number of benzene rings is 1. The molecule has 0 spiro atoms. The van der Waals surface area contributed by atoms with E-state index < -0.39 is 0 Å². The molecule has 1 aromatic heterocycles. The predicted octanol–water partition coefficient (Wildman–Crippen LogP) is 3.22. The molecule has 0 saturated heterocycles. The zero-order chi connectivity index (χ0) is 15.1. The second kappa shape index (κ2) is 7.41. The normalized spacial score (nSPS) is 11.9. The molecule has 0 fully saturated rings. The Bertz CT molecular complexity index is 605. The fourth-order valence-electron chi connectivity index (χ4n) is 2.00. The second-order valence-electron chi connectivity index (χ2n) is 5.04. The van der Waals surface area contributed by atoms with E-state index in [-0.39, 0.29) is 12.1 Å². The standard InChI is InChI=1S/C17H19N3O/c1-13(2)21-16-5-3-4-15(10-16)17(11-18)20-12-14-6-8-19-9-7-14/h3-10,13,17,20H,12H2,1-2H3. The number of pyridine rings is 1. The summed E-state index contributed by atoms with van der Waals surface area (Å²) in [6.45, 7) is 4.59. The van der Waals surface area contributed by atoms with Crippen molar-refractivity contribution >= 4 is 0 Å². The van der Waals surface area contributed by atoms with Crippen molar-refractivity contribution in [1.29, 1.82) is 5.26 Å². The molecular weight excluding hydrogens is 262 g/mol. The number of ether oxygens (including phenoxy) is 1. The molecule has 4 heteroatoms. The van der Waals surface area contributed by atoms with Gasteiger partial charge in [0.05, 0.1) is 12.2 Å². The maximum atomic E-state index is 9.36. The van der Waals surface area contributed by atoms with E-state index in [4.69, 9.17) is 4.74 Å². The molecular formula is C17H19N3O. The zero-order valence-corrected chi connectivity index (χ0v) is 12.3. The van der Waals surface area contributed by atoms with E-state index in [2.05, 4.69) is 16.4 Å². The average molecular weight is 281 g/mol. The van der Waals surface area contributed by atoms with Crippen LogP contribution in [0.1, 0.15) is 31.0 Å². The molecule has 2 aromatic rings. The monoisotopic (exact) mass is 281 g/mol. The van der Waals surface area contributed by atoms with E-state index >= 15 is 0 Å². The SMILES string of the molecule is CC(C)Oc1cccc(C(C#N)NCc2ccncc2)c1. The van der Waals surface area contributed by atoms with Crippen LogP contribution in [-0.2, 0) is 6.54 Å². The Labute approximate surface area is 125 Å². The van der Waals surface area contributed by atoms with Gasteiger partial charge in [0.2, 0.25) is 0 Å². The number of nitrogens with zero attached hydrogens (tertiary/aromatic N) is 2. The lowest BCUT2D eigenvalue weighted by Gasteiger charge is -2.15. The van der Waals surface area contributed by atoms with Crippen molar-refractivity contribution < 1.29 is 4.74 Å². The van der Waals surface area contributed by atoms with E-state index in [9.17, 15) is 5.26 Å². The van der Waals surface area contributed by atoms with Crippen LogP contribution >= 0.6 is 0 Å². The van der Waals surface area contributed by atoms with E-state index in [0.29, 0.717) is 6.54 Å². The molecule has 1 atom stereocenters. The van der Waals surface area contributed by atoms with E-state index in [1.54, 1.807) is 12.4 Å². The smallest absolute Gasteiger partial charge is 0.121 e. The largest absolute Gasteiger partial charge is 0.491 e. The molecule has 0 bridgehead atoms. The van der Waals surface area contributed by atoms with Crippen LogP contribution in [0.15, 0.2) is 48.8 Å². The van der Waals surface area contributed by atoms with Crippen LogP contribution in [0.5, 0.6) is 5.75 Å². The quantitative estimate of drug-likeness (QED) is 0.883. The van der Waals surface area contributed by atoms with Gasteiger partial charge in [0, 0.05) is 18.9 Å². The van der Waals surface area contributed by atoms with Crippen LogP contribution in [0, 0.1) is 11.3 Å². The highest BCUT2D eigenvalue weighted by Crippen LogP contribution is 2.20. The van der Waals surface area contributed by atoms with Crippen LogP contribution in [0.25, 0.3) is 0 Å². The van der Waals surface area contributed by atoms with Crippen molar-refractivity contribution in [2.45, 2.75) is 32.5 Å². The van der Waals surface area contributed by atoms with Crippen molar-refractivity contribution in [2.24, 2.45) is 0 Å². The highest BCUT2D eigenvalue weighted by molar-refractivity contribution is 5.33. The van der Waals surface area contributed by atoms with Crippen molar-refractivity contribution in [3.63, 3.8) is 0 Å². The van der Waals surface area contributed by atoms with Crippen LogP contribution < -0.4 is 10.1 Å². The Morgan fingerprint density at radius 1 is 1.24 bits per heavy atom. The third kappa shape index (κ3) is 4.59. The van der Waals surface area contributed by atoms with Gasteiger partial charge in [0.25, 0.3) is 0 Å². The first kappa shape index (κ1) is 15.0. The van der Waals surface area contributed by atoms with Crippen LogP contribution in [0.2, 0.25) is 0 Å². The number of rotatable bonds is 6. The van der Waals surface area contributed by atoms with Crippen LogP contribution in [-0.4, -0.2) is 11.1 Å². The molecule has 108 valence electrons. The maximum Gasteiger partial charge on any atom is 0.121 e. The number of nitriles is 1. The summed E-state index contributed by atoms with van der Waals surface area (Å²) in [5.74, 6) is 0.786. The summed E-state index contributed by atoms with van der Waals surface area (Å²) in [5.41, 5.74) is 2.00. The van der Waals surface area contributed by atoms with Crippen molar-refractivity contribution in [3.05, 3.63) is 59.9 Å². The minimum Gasteiger partial charge on any atom is -0.491 e. The van der Waals surface area contributed by atoms with Gasteiger partial charge in [-0.1, -0.05) is 12.1 Å². The molecule has 0 saturated carbocycles. The highest BCUT2D eigenvalue weighted by Gasteiger charge is 2.11. The van der Waals surface area contributed by atoms with Crippen LogP contribution in [0.4, 0.5) is 0 Å². The molecule has 0 amide bonds. The maximum absolute atomic E-state index is 9.36. The Morgan fingerprint density at radius 2 is 2.00 bits per heavy atom. The molecule has 0 aliphatic heterocycles. The number of hydrogen-bond donors (Lipinski definition) is 1. The van der Waals surface area contributed by atoms with Crippen molar-refractivity contribution in [1.82, 2.24) is 10.3 Å². The molecule has 1 N–H and O–H groups in total. The third-order valence-corrected chi connectivity index (χ3v) is 2.95. The first-order valence-corrected chi connectivity index (χ1v) is 6.97. The number of nitrogens with one attached hydrogen (secondary N) is 1. The highest BCUT2D eigenvalue weighted by atomic mass is 16.5. The van der Waals surface area contributed by atoms with Gasteiger partial charge in [0.15, 0.2) is 0 Å². The molecule has 1 aromatic carbocycles. The fraction of sp³-hybridized carbons (Fsp3) is 0.294. The molecule has 0 aliphatic carbocycles. The summed E-state index contributed by atoms with van der Waals surface area (Å²) in [6.07, 6.45) is 3.61. The number of hydrogen-bond acceptors (Lipinski definition) is 4. The predicted molar refractivity (Wildman–Crippen MR) is 81.6 cm³/mol. The average Bonchev–Trinajstić information content (AvgIpc) is 2.49. The summed E-state index contributed by atoms with van der Waals surface area (Å²) in [5, 5.41) is 12.6. The summed E-state index contributed by atoms with van der Waals surface area (Å²) in [4.78, 5) is 3.98. The molecule has 2 rings (SSSR count). The van der Waals surface area contributed by atoms with Gasteiger partial charge < -0.3 is 4.74 Å². The Kier molecular flexibility index (Phi) is 5.30. The Morgan fingerprint density at radius 3 is 2.67 bits per heavy atom. The second-order valence-corrected chi connectivity index (χ2v) is 5.04. The van der Waals surface area contributed by atoms with E-state index in [1.165, 1.54) is 0 Å². The van der Waals surface area contributed by atoms with E-state index in [1.807, 2.05) is 50.2 Å². The van der Waals surface area contributed by atoms with Gasteiger partial charge in [-0.3, -0.25) is 10.3 Å². The first-order chi connectivity index (χ1) is 10.2. The summed E-state index contributed by atoms with van der Waals surface area (Å²) >= 11 is 0. The molecule has 0 radical (unpaired) electrons. The Hall–Kier alpha value is -2.38. The third-order valence-electron chi connectivity index (χ3n) is 2.95. The first-order valence-electron chi connectivity index (χ1n) is 6.97. The van der Waals surface area contributed by atoms with Gasteiger partial charge in [-0.25, -0.2) is 0 Å². The van der Waals surface area contributed by atoms with E-state index in [0.717, 1.165) is 16.9 Å². The van der Waals surface area contributed by atoms with Gasteiger partial charge in [-0.05, 0) is 49.2 Å². The minimum atomic E-state index is -0.367. The van der Waals surface area contributed by atoms with Gasteiger partial charge in [0.1, 0.15) is 11.8 Å². The van der Waals surface area contributed by atoms with Crippen LogP contribution in [0.3, 0.4) is 0 Å². The summed E-state index contributed by atoms with van der Waals surface area (Å²) in [6, 6.07) is 13.4. The molecule has 1 heterocycles. The molecule has 4 nitrogen and oxygen atoms in total. The fourth-order valence-corrected chi connectivity index (χ4v) is 2.00. The van der Waals surface area contributed by atoms with Crippen molar-refractivity contribution in [3.8, 4) is 11.8 Å². The lowest BCUT2D eigenvalue weighted by atomic mass is 10.1. The van der Waals surface area contributed by atoms with Crippen molar-refractivity contribution in [2.75, 3.05) is 0 Å². The van der Waals surface area contributed by atoms with Gasteiger partial charge in [-0.15, -0.1) is 0 Å². The minimum absolute atomic E-state index is 0.116. The van der Waals surface area contributed by atoms with Gasteiger partial charge in [-0.2, -0.15) is 5.26 Å². The molecule has 1 unspecified atom stereocenters. The lowest BCUT2D eigenvalue weighted by molar-refractivity contribution is 0.242. The molecule has 21 heavy (non-hydrogen) atoms. The Balaban J connectivity index is 2.05. The summed E-state index contributed by atoms with van der Waals surface area (Å²) < 4.78 is 5.67. The lowest BCUT2D eigenvalue weighted by Crippen LogP contribution is -2.19. The zero-order valence-electron chi connectivity index (χ0n) is 12.3. The topological polar surface area (TPSA) is 57.9 Å². The van der Waals surface area contributed by atoms with Gasteiger partial charge >= 0.3 is 0 Å².